The molecule has 0 aliphatic carbocycles. The van der Waals surface area contributed by atoms with E-state index >= 15 is 0 Å². The molecule has 2 heteroatoms. The number of para-hydroxylation sites is 1. The number of nitrogens with zero attached hydrogens (tertiary/aromatic N) is 1. The summed E-state index contributed by atoms with van der Waals surface area (Å²) in [6.45, 7) is 0. The van der Waals surface area contributed by atoms with E-state index in [1.54, 1.807) is 0 Å². The van der Waals surface area contributed by atoms with Crippen LogP contribution in [0.1, 0.15) is 12.0 Å². The topological polar surface area (TPSA) is 12.4 Å². The molecule has 0 atom stereocenters. The molecular weight excluding hydrogens is 154 g/mol. The van der Waals surface area contributed by atoms with Crippen molar-refractivity contribution in [2.24, 2.45) is 4.99 Å². The number of rotatable bonds is 0. The molecular formula is C9H7NS. The van der Waals surface area contributed by atoms with Crippen molar-refractivity contribution in [1.29, 1.82) is 0 Å². The average molecular weight is 161 g/mol. The van der Waals surface area contributed by atoms with E-state index in [1.165, 1.54) is 0 Å². The fourth-order valence-electron chi connectivity index (χ4n) is 1.16. The van der Waals surface area contributed by atoms with Gasteiger partial charge in [-0.2, -0.15) is 0 Å². The van der Waals surface area contributed by atoms with E-state index < -0.39 is 0 Å². The number of hydrogen-bond donors (Lipinski definition) is 0. The van der Waals surface area contributed by atoms with Crippen LogP contribution in [0, 0.1) is 0 Å². The summed E-state index contributed by atoms with van der Waals surface area (Å²) in [4.78, 5) is 5.23. The Kier molecular flexibility index (Phi) is 1.55. The highest BCUT2D eigenvalue weighted by Gasteiger charge is 2.08. The van der Waals surface area contributed by atoms with Gasteiger partial charge in [-0.1, -0.05) is 30.4 Å². The molecule has 1 aliphatic rings. The quantitative estimate of drug-likeness (QED) is 0.532. The molecule has 1 aromatic carbocycles. The number of benzene rings is 1. The molecule has 0 radical (unpaired) electrons. The second kappa shape index (κ2) is 2.55. The Hall–Kier alpha value is -1.02. The van der Waals surface area contributed by atoms with Crippen LogP contribution in [-0.4, -0.2) is 11.1 Å². The molecule has 0 saturated carbocycles. The first-order valence-corrected chi connectivity index (χ1v) is 3.93. The van der Waals surface area contributed by atoms with Gasteiger partial charge in [0.25, 0.3) is 0 Å². The molecule has 0 saturated heterocycles. The third kappa shape index (κ3) is 1.10. The van der Waals surface area contributed by atoms with Crippen LogP contribution in [0.15, 0.2) is 29.3 Å². The smallest absolute Gasteiger partial charge is 0.0709 e. The van der Waals surface area contributed by atoms with Crippen LogP contribution in [0.2, 0.25) is 0 Å². The van der Waals surface area contributed by atoms with Gasteiger partial charge in [0.2, 0.25) is 0 Å². The second-order valence-electron chi connectivity index (χ2n) is 2.46. The van der Waals surface area contributed by atoms with Crippen LogP contribution >= 0.6 is 12.2 Å². The Labute approximate surface area is 70.8 Å². The van der Waals surface area contributed by atoms with E-state index in [0.29, 0.717) is 0 Å². The first-order valence-electron chi connectivity index (χ1n) is 3.53. The third-order valence-corrected chi connectivity index (χ3v) is 2.10. The largest absolute Gasteiger partial charge is 0.260 e. The highest BCUT2D eigenvalue weighted by Crippen LogP contribution is 2.23. The summed E-state index contributed by atoms with van der Waals surface area (Å²) < 4.78 is 0. The molecule has 0 fully saturated rings. The first kappa shape index (κ1) is 6.68. The van der Waals surface area contributed by atoms with Crippen LogP contribution in [-0.2, 0) is 0 Å². The van der Waals surface area contributed by atoms with Gasteiger partial charge < -0.3 is 0 Å². The van der Waals surface area contributed by atoms with Crippen LogP contribution in [0.5, 0.6) is 0 Å². The highest BCUT2D eigenvalue weighted by atomic mass is 32.1. The van der Waals surface area contributed by atoms with Crippen molar-refractivity contribution < 1.29 is 0 Å². The Bertz CT molecular complexity index is 328. The SMILES string of the molecule is S=C1CC=Nc2ccccc21. The van der Waals surface area contributed by atoms with Crippen molar-refractivity contribution in [3.05, 3.63) is 29.8 Å². The van der Waals surface area contributed by atoms with Gasteiger partial charge in [-0.3, -0.25) is 4.99 Å². The van der Waals surface area contributed by atoms with E-state index in [-0.39, 0.29) is 0 Å². The van der Waals surface area contributed by atoms with E-state index in [0.717, 1.165) is 22.5 Å². The molecule has 0 unspecified atom stereocenters. The Morgan fingerprint density at radius 2 is 2.09 bits per heavy atom. The molecule has 0 bridgehead atoms. The maximum atomic E-state index is 5.17. The van der Waals surface area contributed by atoms with Crippen molar-refractivity contribution in [2.45, 2.75) is 6.42 Å². The van der Waals surface area contributed by atoms with Crippen LogP contribution in [0.4, 0.5) is 5.69 Å². The maximum absolute atomic E-state index is 5.17. The number of aliphatic imine (C=N–C) groups is 1. The lowest BCUT2D eigenvalue weighted by atomic mass is 10.1. The zero-order valence-electron chi connectivity index (χ0n) is 5.95. The fraction of sp³-hybridized carbons (Fsp3) is 0.111. The van der Waals surface area contributed by atoms with Gasteiger partial charge in [0.15, 0.2) is 0 Å². The zero-order valence-corrected chi connectivity index (χ0v) is 6.77. The molecule has 1 aromatic rings. The lowest BCUT2D eigenvalue weighted by molar-refractivity contribution is 1.43. The molecule has 11 heavy (non-hydrogen) atoms. The Balaban J connectivity index is 2.63. The van der Waals surface area contributed by atoms with Crippen molar-refractivity contribution in [2.75, 3.05) is 0 Å². The molecule has 0 N–H and O–H groups in total. The molecule has 1 heterocycles. The molecule has 1 nitrogen and oxygen atoms in total. The standard InChI is InChI=1S/C9H7NS/c11-9-5-6-10-8-4-2-1-3-7(8)9/h1-4,6H,5H2. The van der Waals surface area contributed by atoms with Gasteiger partial charge in [-0.05, 0) is 6.07 Å². The first-order chi connectivity index (χ1) is 5.38. The summed E-state index contributed by atoms with van der Waals surface area (Å²) >= 11 is 5.17. The molecule has 0 spiro atoms. The lowest BCUT2D eigenvalue weighted by Crippen LogP contribution is -2.02. The van der Waals surface area contributed by atoms with E-state index in [9.17, 15) is 0 Å². The summed E-state index contributed by atoms with van der Waals surface area (Å²) in [6, 6.07) is 7.97. The summed E-state index contributed by atoms with van der Waals surface area (Å²) in [6.07, 6.45) is 2.68. The fourth-order valence-corrected chi connectivity index (χ4v) is 1.41. The van der Waals surface area contributed by atoms with Crippen LogP contribution in [0.25, 0.3) is 0 Å². The van der Waals surface area contributed by atoms with Crippen LogP contribution < -0.4 is 0 Å². The Morgan fingerprint density at radius 1 is 1.27 bits per heavy atom. The Morgan fingerprint density at radius 3 is 2.91 bits per heavy atom. The van der Waals surface area contributed by atoms with Crippen molar-refractivity contribution >= 4 is 29.0 Å². The monoisotopic (exact) mass is 161 g/mol. The van der Waals surface area contributed by atoms with Crippen molar-refractivity contribution in [1.82, 2.24) is 0 Å². The highest BCUT2D eigenvalue weighted by molar-refractivity contribution is 7.81. The normalized spacial score (nSPS) is 14.7. The molecule has 0 aromatic heterocycles. The minimum Gasteiger partial charge on any atom is -0.260 e. The maximum Gasteiger partial charge on any atom is 0.0709 e. The number of fused-ring (bicyclic) bond motifs is 1. The van der Waals surface area contributed by atoms with Crippen LogP contribution in [0.3, 0.4) is 0 Å². The van der Waals surface area contributed by atoms with Gasteiger partial charge in [-0.15, -0.1) is 0 Å². The van der Waals surface area contributed by atoms with Crippen molar-refractivity contribution in [3.8, 4) is 0 Å². The van der Waals surface area contributed by atoms with Gasteiger partial charge in [0.1, 0.15) is 0 Å². The summed E-state index contributed by atoms with van der Waals surface area (Å²) in [5, 5.41) is 0. The summed E-state index contributed by atoms with van der Waals surface area (Å²) in [7, 11) is 0. The predicted molar refractivity (Wildman–Crippen MR) is 50.9 cm³/mol. The number of thiocarbonyl (C=S) groups is 1. The molecule has 1 aliphatic heterocycles. The molecule has 0 amide bonds. The summed E-state index contributed by atoms with van der Waals surface area (Å²) in [5.74, 6) is 0. The van der Waals surface area contributed by atoms with E-state index in [2.05, 4.69) is 4.99 Å². The third-order valence-electron chi connectivity index (χ3n) is 1.71. The minimum atomic E-state index is 0.812. The van der Waals surface area contributed by atoms with E-state index in [1.807, 2.05) is 30.5 Å². The van der Waals surface area contributed by atoms with Gasteiger partial charge >= 0.3 is 0 Å². The average Bonchev–Trinajstić information content (AvgIpc) is 2.06. The second-order valence-corrected chi connectivity index (χ2v) is 2.95. The molecule has 2 rings (SSSR count). The van der Waals surface area contributed by atoms with Gasteiger partial charge in [0, 0.05) is 23.1 Å². The lowest BCUT2D eigenvalue weighted by Gasteiger charge is -2.08. The van der Waals surface area contributed by atoms with E-state index in [4.69, 9.17) is 12.2 Å². The summed E-state index contributed by atoms with van der Waals surface area (Å²) in [5.41, 5.74) is 2.12. The zero-order chi connectivity index (χ0) is 7.68. The minimum absolute atomic E-state index is 0.812. The number of hydrogen-bond acceptors (Lipinski definition) is 2. The van der Waals surface area contributed by atoms with Gasteiger partial charge in [0.05, 0.1) is 5.69 Å². The van der Waals surface area contributed by atoms with Gasteiger partial charge in [-0.25, -0.2) is 0 Å². The van der Waals surface area contributed by atoms with Crippen molar-refractivity contribution in [3.63, 3.8) is 0 Å². The molecule has 54 valence electrons. The predicted octanol–water partition coefficient (Wildman–Crippen LogP) is 2.51.